The van der Waals surface area contributed by atoms with E-state index in [1.807, 2.05) is 6.07 Å². The summed E-state index contributed by atoms with van der Waals surface area (Å²) in [6.45, 7) is 8.54. The number of rotatable bonds is 2. The Labute approximate surface area is 79.4 Å². The second-order valence-corrected chi connectivity index (χ2v) is 4.35. The summed E-state index contributed by atoms with van der Waals surface area (Å²) < 4.78 is 0. The lowest BCUT2D eigenvalue weighted by atomic mass is 9.89. The van der Waals surface area contributed by atoms with E-state index in [0.717, 1.165) is 12.7 Å². The zero-order chi connectivity index (χ0) is 10.1. The van der Waals surface area contributed by atoms with Crippen molar-refractivity contribution in [2.24, 2.45) is 0 Å². The molecule has 0 aliphatic carbocycles. The molecular formula is C11H17NO. The van der Waals surface area contributed by atoms with Gasteiger partial charge in [-0.15, -0.1) is 0 Å². The Hall–Kier alpha value is -1.05. The standard InChI is InChI=1S/C11H17NO/c1-5-8-6-9(7-13)12-10(8)11(2,3)4/h6-7,12H,5H2,1-4H3. The van der Waals surface area contributed by atoms with Gasteiger partial charge in [0.15, 0.2) is 6.29 Å². The first kappa shape index (κ1) is 10.0. The summed E-state index contributed by atoms with van der Waals surface area (Å²) in [5.41, 5.74) is 3.19. The van der Waals surface area contributed by atoms with Crippen LogP contribution in [0.5, 0.6) is 0 Å². The lowest BCUT2D eigenvalue weighted by Crippen LogP contribution is -2.14. The van der Waals surface area contributed by atoms with E-state index in [9.17, 15) is 4.79 Å². The van der Waals surface area contributed by atoms with E-state index in [1.54, 1.807) is 0 Å². The summed E-state index contributed by atoms with van der Waals surface area (Å²) in [5, 5.41) is 0. The number of carbonyl (C=O) groups excluding carboxylic acids is 1. The molecule has 0 amide bonds. The van der Waals surface area contributed by atoms with Gasteiger partial charge in [-0.25, -0.2) is 0 Å². The first-order valence-corrected chi connectivity index (χ1v) is 4.66. The summed E-state index contributed by atoms with van der Waals surface area (Å²) in [6.07, 6.45) is 1.84. The van der Waals surface area contributed by atoms with Crippen LogP contribution in [-0.4, -0.2) is 11.3 Å². The maximum atomic E-state index is 10.6. The summed E-state index contributed by atoms with van der Waals surface area (Å²) >= 11 is 0. The third kappa shape index (κ3) is 2.00. The lowest BCUT2D eigenvalue weighted by molar-refractivity contribution is 0.111. The fraction of sp³-hybridized carbons (Fsp3) is 0.545. The molecule has 1 heterocycles. The van der Waals surface area contributed by atoms with E-state index in [-0.39, 0.29) is 5.41 Å². The van der Waals surface area contributed by atoms with Crippen LogP contribution in [0.4, 0.5) is 0 Å². The predicted octanol–water partition coefficient (Wildman–Crippen LogP) is 2.69. The van der Waals surface area contributed by atoms with Crippen LogP contribution in [0.25, 0.3) is 0 Å². The van der Waals surface area contributed by atoms with Crippen LogP contribution in [0.2, 0.25) is 0 Å². The van der Waals surface area contributed by atoms with Crippen molar-refractivity contribution < 1.29 is 4.79 Å². The minimum atomic E-state index is 0.0899. The Morgan fingerprint density at radius 2 is 2.08 bits per heavy atom. The van der Waals surface area contributed by atoms with Crippen LogP contribution >= 0.6 is 0 Å². The lowest BCUT2D eigenvalue weighted by Gasteiger charge is -2.18. The highest BCUT2D eigenvalue weighted by molar-refractivity contribution is 5.73. The van der Waals surface area contributed by atoms with Crippen LogP contribution in [0.1, 0.15) is 49.4 Å². The fourth-order valence-electron chi connectivity index (χ4n) is 1.53. The molecule has 0 unspecified atom stereocenters. The van der Waals surface area contributed by atoms with Crippen molar-refractivity contribution in [3.63, 3.8) is 0 Å². The Morgan fingerprint density at radius 1 is 1.46 bits per heavy atom. The van der Waals surface area contributed by atoms with E-state index in [4.69, 9.17) is 0 Å². The van der Waals surface area contributed by atoms with E-state index in [1.165, 1.54) is 11.3 Å². The molecule has 72 valence electrons. The van der Waals surface area contributed by atoms with Gasteiger partial charge in [0.1, 0.15) is 0 Å². The van der Waals surface area contributed by atoms with Gasteiger partial charge in [0.05, 0.1) is 5.69 Å². The molecule has 0 radical (unpaired) electrons. The smallest absolute Gasteiger partial charge is 0.166 e. The second kappa shape index (κ2) is 3.36. The number of hydrogen-bond donors (Lipinski definition) is 1. The van der Waals surface area contributed by atoms with Gasteiger partial charge < -0.3 is 4.98 Å². The van der Waals surface area contributed by atoms with Gasteiger partial charge >= 0.3 is 0 Å². The molecular weight excluding hydrogens is 162 g/mol. The molecule has 0 spiro atoms. The largest absolute Gasteiger partial charge is 0.356 e. The highest BCUT2D eigenvalue weighted by Crippen LogP contribution is 2.25. The molecule has 0 saturated heterocycles. The Kier molecular flexibility index (Phi) is 2.60. The number of H-pyrrole nitrogens is 1. The average molecular weight is 179 g/mol. The highest BCUT2D eigenvalue weighted by atomic mass is 16.1. The van der Waals surface area contributed by atoms with Crippen molar-refractivity contribution >= 4 is 6.29 Å². The monoisotopic (exact) mass is 179 g/mol. The Bertz CT molecular complexity index is 304. The molecule has 2 heteroatoms. The molecule has 1 aromatic heterocycles. The van der Waals surface area contributed by atoms with Gasteiger partial charge in [-0.05, 0) is 18.1 Å². The molecule has 13 heavy (non-hydrogen) atoms. The average Bonchev–Trinajstić information content (AvgIpc) is 2.46. The zero-order valence-corrected chi connectivity index (χ0v) is 8.77. The van der Waals surface area contributed by atoms with Crippen LogP contribution < -0.4 is 0 Å². The molecule has 1 aromatic rings. The SMILES string of the molecule is CCc1cc(C=O)[nH]c1C(C)(C)C. The van der Waals surface area contributed by atoms with E-state index >= 15 is 0 Å². The molecule has 0 aromatic carbocycles. The third-order valence-corrected chi connectivity index (χ3v) is 2.18. The minimum Gasteiger partial charge on any atom is -0.356 e. The van der Waals surface area contributed by atoms with Gasteiger partial charge in [-0.3, -0.25) is 4.79 Å². The first-order chi connectivity index (χ1) is 5.99. The van der Waals surface area contributed by atoms with Crippen LogP contribution in [0, 0.1) is 0 Å². The number of nitrogens with one attached hydrogen (secondary N) is 1. The van der Waals surface area contributed by atoms with Crippen LogP contribution in [0.15, 0.2) is 6.07 Å². The highest BCUT2D eigenvalue weighted by Gasteiger charge is 2.19. The van der Waals surface area contributed by atoms with Crippen LogP contribution in [-0.2, 0) is 11.8 Å². The first-order valence-electron chi connectivity index (χ1n) is 4.66. The van der Waals surface area contributed by atoms with Crippen molar-refractivity contribution in [3.05, 3.63) is 23.0 Å². The Balaban J connectivity index is 3.19. The van der Waals surface area contributed by atoms with Gasteiger partial charge in [0.25, 0.3) is 0 Å². The number of aromatic nitrogens is 1. The van der Waals surface area contributed by atoms with Crippen LogP contribution in [0.3, 0.4) is 0 Å². The van der Waals surface area contributed by atoms with Crippen molar-refractivity contribution in [2.45, 2.75) is 39.5 Å². The Morgan fingerprint density at radius 3 is 2.38 bits per heavy atom. The summed E-state index contributed by atoms with van der Waals surface area (Å²) in [7, 11) is 0. The van der Waals surface area contributed by atoms with Gasteiger partial charge in [0, 0.05) is 11.1 Å². The van der Waals surface area contributed by atoms with Gasteiger partial charge in [-0.2, -0.15) is 0 Å². The third-order valence-electron chi connectivity index (χ3n) is 2.18. The molecule has 0 fully saturated rings. The summed E-state index contributed by atoms with van der Waals surface area (Å²) in [4.78, 5) is 13.7. The molecule has 0 atom stereocenters. The van der Waals surface area contributed by atoms with E-state index in [2.05, 4.69) is 32.7 Å². The number of aryl methyl sites for hydroxylation is 1. The summed E-state index contributed by atoms with van der Waals surface area (Å²) in [6, 6.07) is 1.94. The predicted molar refractivity (Wildman–Crippen MR) is 54.3 cm³/mol. The molecule has 1 N–H and O–H groups in total. The van der Waals surface area contributed by atoms with Gasteiger partial charge in [-0.1, -0.05) is 27.7 Å². The number of carbonyl (C=O) groups is 1. The maximum absolute atomic E-state index is 10.6. The van der Waals surface area contributed by atoms with E-state index in [0.29, 0.717) is 5.69 Å². The number of aromatic amines is 1. The molecule has 2 nitrogen and oxygen atoms in total. The maximum Gasteiger partial charge on any atom is 0.166 e. The zero-order valence-electron chi connectivity index (χ0n) is 8.77. The molecule has 0 bridgehead atoms. The minimum absolute atomic E-state index is 0.0899. The second-order valence-electron chi connectivity index (χ2n) is 4.35. The quantitative estimate of drug-likeness (QED) is 0.696. The van der Waals surface area contributed by atoms with Gasteiger partial charge in [0.2, 0.25) is 0 Å². The topological polar surface area (TPSA) is 32.9 Å². The number of aldehydes is 1. The van der Waals surface area contributed by atoms with Crippen molar-refractivity contribution in [1.82, 2.24) is 4.98 Å². The fourth-order valence-corrected chi connectivity index (χ4v) is 1.53. The van der Waals surface area contributed by atoms with Crippen molar-refractivity contribution in [3.8, 4) is 0 Å². The van der Waals surface area contributed by atoms with Crippen molar-refractivity contribution in [2.75, 3.05) is 0 Å². The number of hydrogen-bond acceptors (Lipinski definition) is 1. The molecule has 0 saturated carbocycles. The molecule has 1 rings (SSSR count). The molecule has 0 aliphatic rings. The molecule has 0 aliphatic heterocycles. The van der Waals surface area contributed by atoms with Crippen molar-refractivity contribution in [1.29, 1.82) is 0 Å². The summed E-state index contributed by atoms with van der Waals surface area (Å²) in [5.74, 6) is 0. The normalized spacial score (nSPS) is 11.7. The van der Waals surface area contributed by atoms with E-state index < -0.39 is 0 Å².